The number of hydrogen-bond acceptors (Lipinski definition) is 4. The first kappa shape index (κ1) is 18.5. The van der Waals surface area contributed by atoms with Gasteiger partial charge in [0.05, 0.1) is 0 Å². The quantitative estimate of drug-likeness (QED) is 0.670. The number of carbonyl (C=O) groups excluding carboxylic acids is 1. The number of para-hydroxylation sites is 1. The van der Waals surface area contributed by atoms with Crippen molar-refractivity contribution in [3.05, 3.63) is 71.4 Å². The van der Waals surface area contributed by atoms with Gasteiger partial charge in [0.1, 0.15) is 11.6 Å². The average molecular weight is 360 g/mol. The minimum absolute atomic E-state index is 0.127. The Morgan fingerprint density at radius 2 is 1.81 bits per heavy atom. The lowest BCUT2D eigenvalue weighted by atomic mass is 10.2. The Kier molecular flexibility index (Phi) is 5.77. The predicted molar refractivity (Wildman–Crippen MR) is 108 cm³/mol. The number of nitrogens with zero attached hydrogens (tertiary/aromatic N) is 3. The first-order valence-corrected chi connectivity index (χ1v) is 9.11. The van der Waals surface area contributed by atoms with Crippen molar-refractivity contribution >= 4 is 17.3 Å². The van der Waals surface area contributed by atoms with Crippen LogP contribution in [0.1, 0.15) is 11.1 Å². The lowest BCUT2D eigenvalue weighted by Crippen LogP contribution is -2.44. The number of anilines is 2. The number of hydrogen-bond donors (Lipinski definition) is 1. The van der Waals surface area contributed by atoms with Crippen LogP contribution in [-0.4, -0.2) is 37.0 Å². The first-order valence-electron chi connectivity index (χ1n) is 9.11. The largest absolute Gasteiger partial charge is 0.373 e. The van der Waals surface area contributed by atoms with Crippen molar-refractivity contribution in [2.45, 2.75) is 13.8 Å². The van der Waals surface area contributed by atoms with Gasteiger partial charge in [-0.25, -0.2) is 0 Å². The molecule has 0 aromatic heterocycles. The van der Waals surface area contributed by atoms with Crippen LogP contribution in [0.25, 0.3) is 0 Å². The standard InChI is InChI=1S/C22H24N4O/c1-17-6-5-8-20(14-17)26-12-10-25(11-13-26)16-19(15-23)22(27)24-21-9-4-3-7-18(21)2/h3-9,14,16H,10-13H2,1-2H3,(H,24,27)/b19-16-. The monoisotopic (exact) mass is 360 g/mol. The third-order valence-electron chi connectivity index (χ3n) is 4.75. The second-order valence-corrected chi connectivity index (χ2v) is 6.79. The first-order chi connectivity index (χ1) is 13.1. The molecule has 1 aliphatic rings. The Hall–Kier alpha value is -3.26. The third kappa shape index (κ3) is 4.68. The van der Waals surface area contributed by atoms with E-state index >= 15 is 0 Å². The highest BCUT2D eigenvalue weighted by atomic mass is 16.1. The molecule has 27 heavy (non-hydrogen) atoms. The molecule has 0 spiro atoms. The molecule has 3 rings (SSSR count). The van der Waals surface area contributed by atoms with Crippen molar-refractivity contribution in [1.82, 2.24) is 4.90 Å². The summed E-state index contributed by atoms with van der Waals surface area (Å²) >= 11 is 0. The molecule has 1 heterocycles. The van der Waals surface area contributed by atoms with Gasteiger partial charge in [-0.15, -0.1) is 0 Å². The molecule has 1 amide bonds. The zero-order valence-electron chi connectivity index (χ0n) is 15.8. The maximum Gasteiger partial charge on any atom is 0.267 e. The van der Waals surface area contributed by atoms with E-state index < -0.39 is 0 Å². The van der Waals surface area contributed by atoms with Crippen molar-refractivity contribution in [3.63, 3.8) is 0 Å². The predicted octanol–water partition coefficient (Wildman–Crippen LogP) is 3.47. The summed E-state index contributed by atoms with van der Waals surface area (Å²) in [6, 6.07) is 18.0. The van der Waals surface area contributed by atoms with Crippen molar-refractivity contribution in [2.24, 2.45) is 0 Å². The lowest BCUT2D eigenvalue weighted by molar-refractivity contribution is -0.112. The highest BCUT2D eigenvalue weighted by Gasteiger charge is 2.18. The molecule has 0 aliphatic carbocycles. The van der Waals surface area contributed by atoms with Crippen LogP contribution < -0.4 is 10.2 Å². The van der Waals surface area contributed by atoms with Gasteiger partial charge in [-0.1, -0.05) is 30.3 Å². The van der Waals surface area contributed by atoms with E-state index in [0.29, 0.717) is 0 Å². The van der Waals surface area contributed by atoms with E-state index in [1.807, 2.05) is 42.2 Å². The van der Waals surface area contributed by atoms with E-state index in [1.54, 1.807) is 6.20 Å². The molecular weight excluding hydrogens is 336 g/mol. The second-order valence-electron chi connectivity index (χ2n) is 6.79. The summed E-state index contributed by atoms with van der Waals surface area (Å²) in [6.45, 7) is 7.29. The van der Waals surface area contributed by atoms with Crippen LogP contribution in [0, 0.1) is 25.2 Å². The Morgan fingerprint density at radius 3 is 2.48 bits per heavy atom. The number of benzene rings is 2. The average Bonchev–Trinajstić information content (AvgIpc) is 2.68. The maximum atomic E-state index is 12.5. The van der Waals surface area contributed by atoms with Crippen molar-refractivity contribution in [1.29, 1.82) is 5.26 Å². The van der Waals surface area contributed by atoms with Gasteiger partial charge in [0.25, 0.3) is 5.91 Å². The van der Waals surface area contributed by atoms with Crippen LogP contribution in [0.15, 0.2) is 60.3 Å². The molecule has 5 heteroatoms. The highest BCUT2D eigenvalue weighted by Crippen LogP contribution is 2.19. The molecule has 0 bridgehead atoms. The summed E-state index contributed by atoms with van der Waals surface area (Å²) in [5.74, 6) is -0.368. The molecule has 1 aliphatic heterocycles. The molecule has 1 N–H and O–H groups in total. The van der Waals surface area contributed by atoms with Crippen LogP contribution in [0.2, 0.25) is 0 Å². The summed E-state index contributed by atoms with van der Waals surface area (Å²) in [4.78, 5) is 16.8. The maximum absolute atomic E-state index is 12.5. The van der Waals surface area contributed by atoms with Gasteiger partial charge in [0.2, 0.25) is 0 Å². The number of nitriles is 1. The lowest BCUT2D eigenvalue weighted by Gasteiger charge is -2.35. The van der Waals surface area contributed by atoms with Crippen molar-refractivity contribution < 1.29 is 4.79 Å². The van der Waals surface area contributed by atoms with Gasteiger partial charge in [-0.3, -0.25) is 4.79 Å². The normalized spacial score (nSPS) is 14.6. The van der Waals surface area contributed by atoms with Gasteiger partial charge in [-0.05, 0) is 43.2 Å². The van der Waals surface area contributed by atoms with E-state index in [1.165, 1.54) is 11.3 Å². The Labute approximate surface area is 160 Å². The molecule has 1 saturated heterocycles. The topological polar surface area (TPSA) is 59.4 Å². The minimum Gasteiger partial charge on any atom is -0.373 e. The van der Waals surface area contributed by atoms with Crippen LogP contribution in [0.4, 0.5) is 11.4 Å². The van der Waals surface area contributed by atoms with Crippen LogP contribution in [-0.2, 0) is 4.79 Å². The Bertz CT molecular complexity index is 889. The van der Waals surface area contributed by atoms with E-state index in [4.69, 9.17) is 0 Å². The SMILES string of the molecule is Cc1cccc(N2CCN(/C=C(/C#N)C(=O)Nc3ccccc3C)CC2)c1. The minimum atomic E-state index is -0.368. The molecule has 5 nitrogen and oxygen atoms in total. The fourth-order valence-electron chi connectivity index (χ4n) is 3.16. The van der Waals surface area contributed by atoms with Crippen molar-refractivity contribution in [2.75, 3.05) is 36.4 Å². The summed E-state index contributed by atoms with van der Waals surface area (Å²) in [6.07, 6.45) is 1.68. The summed E-state index contributed by atoms with van der Waals surface area (Å²) in [5.41, 5.74) is 4.29. The van der Waals surface area contributed by atoms with E-state index in [-0.39, 0.29) is 11.5 Å². The fourth-order valence-corrected chi connectivity index (χ4v) is 3.16. The molecular formula is C22H24N4O. The molecule has 1 fully saturated rings. The Balaban J connectivity index is 1.63. The number of rotatable bonds is 4. The zero-order valence-corrected chi connectivity index (χ0v) is 15.8. The van der Waals surface area contributed by atoms with Crippen molar-refractivity contribution in [3.8, 4) is 6.07 Å². The van der Waals surface area contributed by atoms with Gasteiger partial charge < -0.3 is 15.1 Å². The molecule has 0 unspecified atom stereocenters. The Morgan fingerprint density at radius 1 is 1.07 bits per heavy atom. The summed E-state index contributed by atoms with van der Waals surface area (Å²) in [7, 11) is 0. The molecule has 2 aromatic carbocycles. The van der Waals surface area contributed by atoms with E-state index in [2.05, 4.69) is 41.4 Å². The van der Waals surface area contributed by atoms with Crippen LogP contribution >= 0.6 is 0 Å². The summed E-state index contributed by atoms with van der Waals surface area (Å²) in [5, 5.41) is 12.2. The molecule has 2 aromatic rings. The second kappa shape index (κ2) is 8.41. The van der Waals surface area contributed by atoms with Crippen LogP contribution in [0.5, 0.6) is 0 Å². The third-order valence-corrected chi connectivity index (χ3v) is 4.75. The molecule has 0 radical (unpaired) electrons. The smallest absolute Gasteiger partial charge is 0.267 e. The number of aryl methyl sites for hydroxylation is 2. The van der Waals surface area contributed by atoms with Gasteiger partial charge in [0.15, 0.2) is 0 Å². The number of carbonyl (C=O) groups is 1. The molecule has 0 atom stereocenters. The van der Waals surface area contributed by atoms with Gasteiger partial charge >= 0.3 is 0 Å². The molecule has 138 valence electrons. The number of nitrogens with one attached hydrogen (secondary N) is 1. The van der Waals surface area contributed by atoms with E-state index in [0.717, 1.165) is 37.4 Å². The van der Waals surface area contributed by atoms with Gasteiger partial charge in [0, 0.05) is 43.8 Å². The summed E-state index contributed by atoms with van der Waals surface area (Å²) < 4.78 is 0. The fraction of sp³-hybridized carbons (Fsp3) is 0.273. The zero-order chi connectivity index (χ0) is 19.2. The number of piperazine rings is 1. The number of amides is 1. The molecule has 0 saturated carbocycles. The van der Waals surface area contributed by atoms with E-state index in [9.17, 15) is 10.1 Å². The van der Waals surface area contributed by atoms with Gasteiger partial charge in [-0.2, -0.15) is 5.26 Å². The highest BCUT2D eigenvalue weighted by molar-refractivity contribution is 6.06. The van der Waals surface area contributed by atoms with Crippen LogP contribution in [0.3, 0.4) is 0 Å².